The normalized spacial score (nSPS) is 22.1. The zero-order valence-electron chi connectivity index (χ0n) is 80.8. The zero-order chi connectivity index (χ0) is 99.8. The molecule has 0 spiro atoms. The second-order valence-electron chi connectivity index (χ2n) is 39.0. The molecule has 748 valence electrons. The van der Waals surface area contributed by atoms with Crippen LogP contribution in [0.25, 0.3) is 41.8 Å². The van der Waals surface area contributed by atoms with Crippen molar-refractivity contribution in [2.24, 2.45) is 0 Å². The molecule has 0 unspecified atom stereocenters. The van der Waals surface area contributed by atoms with Crippen LogP contribution in [0.2, 0.25) is 0 Å². The molecule has 8 aromatic rings. The van der Waals surface area contributed by atoms with Crippen molar-refractivity contribution in [3.63, 3.8) is 0 Å². The first-order chi connectivity index (χ1) is 65.5. The summed E-state index contributed by atoms with van der Waals surface area (Å²) in [7, 11) is 0. The molecule has 1 aliphatic carbocycles. The molecular formula is C96H128F4N20O14S4. The van der Waals surface area contributed by atoms with E-state index in [0.717, 1.165) is 134 Å². The first kappa shape index (κ1) is 105. The van der Waals surface area contributed by atoms with E-state index in [1.165, 1.54) is 47.2 Å². The van der Waals surface area contributed by atoms with E-state index in [0.29, 0.717) is 59.7 Å². The summed E-state index contributed by atoms with van der Waals surface area (Å²) >= 11 is 4.14. The van der Waals surface area contributed by atoms with Crippen LogP contribution in [0.1, 0.15) is 303 Å². The van der Waals surface area contributed by atoms with Gasteiger partial charge in [0.1, 0.15) is 46.0 Å². The van der Waals surface area contributed by atoms with E-state index >= 15 is 0 Å². The molecule has 8 fully saturated rings. The second kappa shape index (κ2) is 45.4. The number of pyridine rings is 4. The van der Waals surface area contributed by atoms with Gasteiger partial charge in [-0.3, -0.25) is 38.4 Å². The van der Waals surface area contributed by atoms with Crippen LogP contribution >= 0.6 is 45.3 Å². The van der Waals surface area contributed by atoms with E-state index in [9.17, 15) is 76.3 Å². The van der Waals surface area contributed by atoms with E-state index in [2.05, 4.69) is 96.3 Å². The molecule has 0 aromatic carbocycles. The maximum absolute atomic E-state index is 14.2. The first-order valence-corrected chi connectivity index (χ1v) is 50.7. The summed E-state index contributed by atoms with van der Waals surface area (Å²) in [6.45, 7) is 33.5. The number of fused-ring (bicyclic) bond motifs is 2. The van der Waals surface area contributed by atoms with Crippen molar-refractivity contribution < 1.29 is 85.8 Å². The summed E-state index contributed by atoms with van der Waals surface area (Å²) in [6, 6.07) is 5.82. The number of amides is 8. The molecule has 8 aromatic heterocycles. The molecule has 7 aliphatic heterocycles. The van der Waals surface area contributed by atoms with E-state index in [1.807, 2.05) is 119 Å². The Labute approximate surface area is 816 Å². The Morgan fingerprint density at radius 2 is 0.804 bits per heavy atom. The highest BCUT2D eigenvalue weighted by atomic mass is 32.1. The molecular weight excluding hydrogens is 1860 g/mol. The summed E-state index contributed by atoms with van der Waals surface area (Å²) in [5.74, 6) is -0.879. The summed E-state index contributed by atoms with van der Waals surface area (Å²) in [5.41, 5.74) is 2.77. The van der Waals surface area contributed by atoms with Crippen molar-refractivity contribution >= 4 is 116 Å². The summed E-state index contributed by atoms with van der Waals surface area (Å²) < 4.78 is 67.2. The van der Waals surface area contributed by atoms with Crippen molar-refractivity contribution in [3.8, 4) is 41.8 Å². The van der Waals surface area contributed by atoms with E-state index in [-0.39, 0.29) is 180 Å². The van der Waals surface area contributed by atoms with Gasteiger partial charge in [-0.25, -0.2) is 57.4 Å². The highest BCUT2D eigenvalue weighted by Gasteiger charge is 2.46. The monoisotopic (exact) mass is 1990 g/mol. The topological polar surface area (TPSA) is 448 Å². The van der Waals surface area contributed by atoms with Gasteiger partial charge in [-0.2, -0.15) is 0 Å². The van der Waals surface area contributed by atoms with Crippen LogP contribution in [-0.2, 0) is 9.47 Å². The average Bonchev–Trinajstić information content (AvgIpc) is 1.60. The highest BCUT2D eigenvalue weighted by Crippen LogP contribution is 2.46. The molecule has 0 radical (unpaired) electrons. The number of alkyl halides is 4. The maximum Gasteiger partial charge on any atom is 0.280 e. The molecule has 11 atom stereocenters. The number of aliphatic hydroxyl groups is 4. The van der Waals surface area contributed by atoms with Gasteiger partial charge in [-0.15, -0.1) is 45.3 Å². The van der Waals surface area contributed by atoms with Gasteiger partial charge in [0, 0.05) is 131 Å². The minimum Gasteiger partial charge on any atom is -0.394 e. The number of ether oxygens (including phenoxy) is 2. The smallest absolute Gasteiger partial charge is 0.280 e. The van der Waals surface area contributed by atoms with E-state index in [1.54, 1.807) is 22.2 Å². The molecule has 1 saturated carbocycles. The largest absolute Gasteiger partial charge is 0.394 e. The summed E-state index contributed by atoms with van der Waals surface area (Å²) in [4.78, 5) is 150. The highest BCUT2D eigenvalue weighted by molar-refractivity contribution is 7.18. The molecule has 34 nitrogen and oxygen atoms in total. The summed E-state index contributed by atoms with van der Waals surface area (Å²) in [5, 5.41) is 63.4. The lowest BCUT2D eigenvalue weighted by Crippen LogP contribution is -2.50. The molecule has 12 N–H and O–H groups in total. The van der Waals surface area contributed by atoms with Gasteiger partial charge >= 0.3 is 0 Å². The van der Waals surface area contributed by atoms with Crippen molar-refractivity contribution in [2.45, 2.75) is 309 Å². The molecule has 8 amide bonds. The number of aryl methyl sites for hydroxylation is 2. The Kier molecular flexibility index (Phi) is 34.5. The fourth-order valence-electron chi connectivity index (χ4n) is 17.7. The van der Waals surface area contributed by atoms with Crippen molar-refractivity contribution in [1.29, 1.82) is 0 Å². The third kappa shape index (κ3) is 25.1. The Bertz CT molecular complexity index is 5510. The minimum atomic E-state index is -2.85. The number of hydrogen-bond donors (Lipinski definition) is 12. The number of halogens is 4. The van der Waals surface area contributed by atoms with Gasteiger partial charge in [0.2, 0.25) is 0 Å². The third-order valence-corrected chi connectivity index (χ3v) is 29.9. The van der Waals surface area contributed by atoms with Gasteiger partial charge in [0.25, 0.3) is 60.1 Å². The van der Waals surface area contributed by atoms with Crippen LogP contribution in [0.4, 0.5) is 40.8 Å². The molecule has 138 heavy (non-hydrogen) atoms. The molecule has 7 saturated heterocycles. The fourth-order valence-corrected chi connectivity index (χ4v) is 21.7. The van der Waals surface area contributed by atoms with Crippen LogP contribution in [0, 0.1) is 13.8 Å². The van der Waals surface area contributed by atoms with Crippen LogP contribution in [0.15, 0.2) is 49.1 Å². The summed E-state index contributed by atoms with van der Waals surface area (Å²) in [6.07, 6.45) is 10.6. The number of rotatable bonds is 27. The Morgan fingerprint density at radius 1 is 0.449 bits per heavy atom. The zero-order valence-corrected chi connectivity index (χ0v) is 84.1. The number of hydrogen-bond acceptors (Lipinski definition) is 30. The molecule has 2 bridgehead atoms. The van der Waals surface area contributed by atoms with Gasteiger partial charge in [-0.1, -0.05) is 13.8 Å². The number of nitrogens with one attached hydrogen (secondary N) is 8. The first-order valence-electron chi connectivity index (χ1n) is 47.4. The van der Waals surface area contributed by atoms with Gasteiger partial charge < -0.3 is 92.0 Å². The van der Waals surface area contributed by atoms with E-state index in [4.69, 9.17) is 9.47 Å². The quantitative estimate of drug-likeness (QED) is 0.0213. The minimum absolute atomic E-state index is 0.0267. The number of carbonyl (C=O) groups is 8. The van der Waals surface area contributed by atoms with Gasteiger partial charge in [-0.05, 0) is 222 Å². The number of nitrogens with zero attached hydrogens (tertiary/aromatic N) is 12. The molecule has 42 heteroatoms. The second-order valence-corrected chi connectivity index (χ2v) is 43.0. The third-order valence-electron chi connectivity index (χ3n) is 25.6. The van der Waals surface area contributed by atoms with Crippen molar-refractivity contribution in [2.75, 3.05) is 73.9 Å². The lowest BCUT2D eigenvalue weighted by molar-refractivity contribution is 0.0447. The van der Waals surface area contributed by atoms with Crippen LogP contribution in [0.5, 0.6) is 0 Å². The molecule has 15 heterocycles. The lowest BCUT2D eigenvalue weighted by Gasteiger charge is -2.32. The number of aromatic nitrogens is 8. The van der Waals surface area contributed by atoms with Crippen LogP contribution < -0.4 is 42.5 Å². The predicted octanol–water partition coefficient (Wildman–Crippen LogP) is 14.1. The van der Waals surface area contributed by atoms with Crippen molar-refractivity contribution in [3.05, 3.63) is 114 Å². The maximum atomic E-state index is 14.2. The number of anilines is 4. The van der Waals surface area contributed by atoms with Gasteiger partial charge in [0.05, 0.1) is 95.0 Å². The molecule has 8 aliphatic rings. The van der Waals surface area contributed by atoms with Crippen LogP contribution in [0.3, 0.4) is 0 Å². The Morgan fingerprint density at radius 3 is 1.11 bits per heavy atom. The predicted molar refractivity (Wildman–Crippen MR) is 522 cm³/mol. The average molecular weight is 1990 g/mol. The number of likely N-dealkylation sites (tertiary alicyclic amines) is 3. The number of carbonyl (C=O) groups excluding carboxylic acids is 8. The number of aliphatic hydroxyl groups excluding tert-OH is 4. The van der Waals surface area contributed by atoms with E-state index < -0.39 is 78.0 Å². The van der Waals surface area contributed by atoms with Crippen molar-refractivity contribution in [1.82, 2.24) is 80.7 Å². The standard InChI is InChI=1S/C25H33N5O3S.2C24H31F2N5O4S.C23H33N5O3S/c1-4-14(3)27-20-11-13(2)17(12-26-20)22-21(25(33)30-15-5-6-16(30)8-7-15)29-24(34-22)23(32)28-18-9-10-19(18)31;2*1-12-6-5-7-31(12)23(34)18-19(36-22(29-18)21(33)28-15-10-35-11-16(15)32)14-9-27-17(30-24(2,3)4)8-13(14)20(25)26;1-6-16(12-29)26-21(30)22-27-19(23(31)28-9-7-8-15(28)5)20(32-22)17-11-24-18(10-14(17)4)25-13(2)3/h11-12,14-16,18-19,31H,4-10H2,1-3H3,(H,26,27)(H,28,32);2*8-9,12,15-16,20,32H,5-7,10-11H2,1-4H3,(H,27,30)(H,28,33);10-11,13,15-16,29H,6-9,12H2,1-5H3,(H,24,25)(H,26,30)/t14-,15?,16?,18+,19+;12-,15+,16+;12-,15-,16-;15-,16-/m1000/s1. The number of thiazole rings is 4. The molecule has 16 rings (SSSR count). The Hall–Kier alpha value is -10.4. The lowest BCUT2D eigenvalue weighted by atomic mass is 9.89. The SMILES string of the molecule is CC[C@@H](C)Nc1cc(C)c(-c2sc(C(=O)N[C@H]3CC[C@@H]3O)nc2C(=O)N2C3CCC2CC3)cn1.CC[C@@H](CO)NC(=O)c1nc(C(=O)N2CCC[C@@H]2C)c(-c2cnc(NC(C)C)cc2C)s1.C[C@H]1CCCN1C(=O)c1nc(C(=O)N[C@@H]2COC[C@H]2O)sc1-c1cnc(NC(C)(C)C)cc1C(F)F.C[C@H]1CCCN1C(=O)c1nc(C(=O)N[C@H]2COC[C@@H]2O)sc1-c1cnc(NC(C)(C)C)cc1C(F)F. The van der Waals surface area contributed by atoms with Crippen LogP contribution in [-0.4, -0.2) is 276 Å². The van der Waals surface area contributed by atoms with Gasteiger partial charge in [0.15, 0.2) is 20.0 Å². The fraction of sp³-hybridized carbons (Fsp3) is 0.583. The Balaban J connectivity index is 0.000000155.